The fraction of sp³-hybridized carbons (Fsp3) is 0.647. The van der Waals surface area contributed by atoms with Gasteiger partial charge in [0.2, 0.25) is 0 Å². The van der Waals surface area contributed by atoms with E-state index in [4.69, 9.17) is 4.98 Å². The molecule has 0 radical (unpaired) electrons. The van der Waals surface area contributed by atoms with Crippen molar-refractivity contribution in [1.29, 1.82) is 0 Å². The summed E-state index contributed by atoms with van der Waals surface area (Å²) < 4.78 is 2.44. The number of rotatable bonds is 3. The van der Waals surface area contributed by atoms with Crippen LogP contribution in [0.3, 0.4) is 0 Å². The molecule has 0 N–H and O–H groups in total. The van der Waals surface area contributed by atoms with Crippen LogP contribution in [0.25, 0.3) is 11.2 Å². The van der Waals surface area contributed by atoms with Crippen LogP contribution in [0.5, 0.6) is 0 Å². The van der Waals surface area contributed by atoms with E-state index in [1.54, 1.807) is 0 Å². The quantitative estimate of drug-likeness (QED) is 0.870. The fourth-order valence-corrected chi connectivity index (χ4v) is 5.10. The summed E-state index contributed by atoms with van der Waals surface area (Å²) in [5.41, 5.74) is 2.13. The van der Waals surface area contributed by atoms with Crippen LogP contribution in [0.2, 0.25) is 0 Å². The summed E-state index contributed by atoms with van der Waals surface area (Å²) in [5, 5.41) is 0. The van der Waals surface area contributed by atoms with Crippen LogP contribution in [0.4, 0.5) is 0 Å². The van der Waals surface area contributed by atoms with E-state index in [1.807, 2.05) is 12.3 Å². The number of piperidine rings is 1. The third-order valence-corrected chi connectivity index (χ3v) is 6.28. The smallest absolute Gasteiger partial charge is 0.161 e. The number of likely N-dealkylation sites (tertiary alicyclic amines) is 1. The van der Waals surface area contributed by atoms with Crippen molar-refractivity contribution in [2.75, 3.05) is 25.1 Å². The van der Waals surface area contributed by atoms with E-state index in [0.717, 1.165) is 23.5 Å². The van der Waals surface area contributed by atoms with Gasteiger partial charge in [0, 0.05) is 12.6 Å². The van der Waals surface area contributed by atoms with Gasteiger partial charge in [-0.25, -0.2) is 9.97 Å². The van der Waals surface area contributed by atoms with E-state index in [-0.39, 0.29) is 0 Å². The van der Waals surface area contributed by atoms with Gasteiger partial charge in [-0.15, -0.1) is 0 Å². The van der Waals surface area contributed by atoms with Crippen molar-refractivity contribution in [3.05, 3.63) is 24.2 Å². The van der Waals surface area contributed by atoms with E-state index in [2.05, 4.69) is 39.3 Å². The molecule has 2 aromatic rings. The second-order valence-corrected chi connectivity index (χ2v) is 7.78. The predicted octanol–water partition coefficient (Wildman–Crippen LogP) is 3.34. The van der Waals surface area contributed by atoms with Gasteiger partial charge in [0.1, 0.15) is 11.3 Å². The summed E-state index contributed by atoms with van der Waals surface area (Å²) in [6.45, 7) is 1.18. The minimum Gasteiger partial charge on any atom is -0.296 e. The van der Waals surface area contributed by atoms with Gasteiger partial charge in [-0.2, -0.15) is 11.8 Å². The largest absolute Gasteiger partial charge is 0.296 e. The van der Waals surface area contributed by atoms with Crippen molar-refractivity contribution in [3.8, 4) is 0 Å². The molecule has 2 saturated heterocycles. The first-order valence-corrected chi connectivity index (χ1v) is 9.58. The van der Waals surface area contributed by atoms with Crippen LogP contribution < -0.4 is 0 Å². The molecular weight excluding hydrogens is 292 g/mol. The molecule has 4 nitrogen and oxygen atoms in total. The van der Waals surface area contributed by atoms with Gasteiger partial charge in [0.15, 0.2) is 5.65 Å². The zero-order valence-electron chi connectivity index (χ0n) is 13.2. The normalized spacial score (nSPS) is 26.8. The molecule has 22 heavy (non-hydrogen) atoms. The first kappa shape index (κ1) is 14.5. The Morgan fingerprint density at radius 1 is 1.32 bits per heavy atom. The Kier molecular flexibility index (Phi) is 4.09. The Morgan fingerprint density at radius 2 is 2.27 bits per heavy atom. The highest BCUT2D eigenvalue weighted by Crippen LogP contribution is 2.32. The molecule has 2 aromatic heterocycles. The second-order valence-electron chi connectivity index (χ2n) is 6.63. The van der Waals surface area contributed by atoms with Gasteiger partial charge in [0.05, 0.1) is 6.17 Å². The van der Waals surface area contributed by atoms with Gasteiger partial charge in [-0.05, 0) is 68.8 Å². The van der Waals surface area contributed by atoms with Gasteiger partial charge in [-0.3, -0.25) is 9.47 Å². The second kappa shape index (κ2) is 6.20. The third-order valence-electron chi connectivity index (χ3n) is 5.05. The summed E-state index contributed by atoms with van der Waals surface area (Å²) in [6, 6.07) is 4.11. The first-order chi connectivity index (χ1) is 10.8. The minimum absolute atomic E-state index is 0.428. The van der Waals surface area contributed by atoms with E-state index < -0.39 is 0 Å². The Hall–Kier alpha value is -1.07. The number of thioether (sulfide) groups is 1. The molecule has 2 fully saturated rings. The number of hydrogen-bond donors (Lipinski definition) is 0. The molecule has 2 unspecified atom stereocenters. The highest BCUT2D eigenvalue weighted by molar-refractivity contribution is 7.99. The Bertz CT molecular complexity index is 647. The summed E-state index contributed by atoms with van der Waals surface area (Å²) in [7, 11) is 2.24. The Balaban J connectivity index is 1.75. The average molecular weight is 316 g/mol. The molecule has 0 amide bonds. The molecule has 2 aliphatic heterocycles. The maximum atomic E-state index is 4.95. The molecule has 0 aromatic carbocycles. The molecular formula is C17H24N4S. The van der Waals surface area contributed by atoms with Crippen molar-refractivity contribution in [2.45, 2.75) is 38.3 Å². The minimum atomic E-state index is 0.428. The number of imidazole rings is 1. The zero-order valence-corrected chi connectivity index (χ0v) is 14.1. The lowest BCUT2D eigenvalue weighted by Crippen LogP contribution is -2.34. The number of fused-ring (bicyclic) bond motifs is 1. The van der Waals surface area contributed by atoms with Crippen molar-refractivity contribution in [1.82, 2.24) is 19.4 Å². The maximum Gasteiger partial charge on any atom is 0.161 e. The number of pyridine rings is 1. The highest BCUT2D eigenvalue weighted by atomic mass is 32.2. The van der Waals surface area contributed by atoms with Crippen LogP contribution in [-0.4, -0.2) is 44.5 Å². The topological polar surface area (TPSA) is 34.0 Å². The van der Waals surface area contributed by atoms with Gasteiger partial charge < -0.3 is 0 Å². The lowest BCUT2D eigenvalue weighted by Gasteiger charge is -2.34. The number of aromatic nitrogens is 3. The molecule has 118 valence electrons. The van der Waals surface area contributed by atoms with Gasteiger partial charge >= 0.3 is 0 Å². The molecule has 2 atom stereocenters. The fourth-order valence-electron chi connectivity index (χ4n) is 3.82. The number of hydrogen-bond acceptors (Lipinski definition) is 4. The molecule has 0 spiro atoms. The highest BCUT2D eigenvalue weighted by Gasteiger charge is 2.27. The van der Waals surface area contributed by atoms with Crippen LogP contribution in [0.15, 0.2) is 18.3 Å². The monoisotopic (exact) mass is 316 g/mol. The Morgan fingerprint density at radius 3 is 3.09 bits per heavy atom. The van der Waals surface area contributed by atoms with Gasteiger partial charge in [0.25, 0.3) is 0 Å². The van der Waals surface area contributed by atoms with E-state index >= 15 is 0 Å². The average Bonchev–Trinajstić information content (AvgIpc) is 3.16. The maximum absolute atomic E-state index is 4.95. The molecule has 5 heteroatoms. The molecule has 4 heterocycles. The van der Waals surface area contributed by atoms with Crippen molar-refractivity contribution >= 4 is 22.9 Å². The van der Waals surface area contributed by atoms with Gasteiger partial charge in [-0.1, -0.05) is 0 Å². The lowest BCUT2D eigenvalue weighted by atomic mass is 10.0. The number of nitrogens with zero attached hydrogens (tertiary/aromatic N) is 4. The van der Waals surface area contributed by atoms with E-state index in [0.29, 0.717) is 6.17 Å². The molecule has 0 bridgehead atoms. The molecule has 0 aliphatic carbocycles. The predicted molar refractivity (Wildman–Crippen MR) is 92.2 cm³/mol. The summed E-state index contributed by atoms with van der Waals surface area (Å²) in [6.07, 6.45) is 8.60. The van der Waals surface area contributed by atoms with Crippen molar-refractivity contribution in [2.24, 2.45) is 5.92 Å². The SMILES string of the molecule is CN1CCCCC1n1c(CC2CCSC2)nc2cccnc21. The third kappa shape index (κ3) is 2.65. The van der Waals surface area contributed by atoms with Crippen molar-refractivity contribution < 1.29 is 0 Å². The summed E-state index contributed by atoms with van der Waals surface area (Å²) >= 11 is 2.09. The van der Waals surface area contributed by atoms with Crippen LogP contribution in [-0.2, 0) is 6.42 Å². The summed E-state index contributed by atoms with van der Waals surface area (Å²) in [5.74, 6) is 4.64. The first-order valence-electron chi connectivity index (χ1n) is 8.43. The van der Waals surface area contributed by atoms with Crippen LogP contribution in [0, 0.1) is 5.92 Å². The van der Waals surface area contributed by atoms with Crippen LogP contribution >= 0.6 is 11.8 Å². The van der Waals surface area contributed by atoms with Crippen LogP contribution in [0.1, 0.15) is 37.7 Å². The van der Waals surface area contributed by atoms with E-state index in [1.165, 1.54) is 49.6 Å². The standard InChI is InChI=1S/C17H24N4S/c1-20-9-3-2-6-16(20)21-15(11-13-7-10-22-12-13)19-14-5-4-8-18-17(14)21/h4-5,8,13,16H,2-3,6-7,9-12H2,1H3. The lowest BCUT2D eigenvalue weighted by molar-refractivity contribution is 0.127. The van der Waals surface area contributed by atoms with Crippen molar-refractivity contribution in [3.63, 3.8) is 0 Å². The summed E-state index contributed by atoms with van der Waals surface area (Å²) in [4.78, 5) is 12.1. The van der Waals surface area contributed by atoms with E-state index in [9.17, 15) is 0 Å². The molecule has 2 aliphatic rings. The molecule has 4 rings (SSSR count). The Labute approximate surface area is 136 Å². The molecule has 0 saturated carbocycles. The zero-order chi connectivity index (χ0) is 14.9.